The minimum Gasteiger partial charge on any atom is -0.507 e. The lowest BCUT2D eigenvalue weighted by Gasteiger charge is -2.37. The maximum Gasteiger partial charge on any atom is 0.326 e. The molecule has 11 N–H and O–H groups in total. The molecule has 1 amide bonds. The zero-order valence-electron chi connectivity index (χ0n) is 27.1. The highest BCUT2D eigenvalue weighted by molar-refractivity contribution is 5.97. The molecule has 0 aliphatic carbocycles. The van der Waals surface area contributed by atoms with Crippen molar-refractivity contribution in [2.24, 2.45) is 22.9 Å². The summed E-state index contributed by atoms with van der Waals surface area (Å²) in [5.41, 5.74) is 27.3. The first-order valence-corrected chi connectivity index (χ1v) is 16.5. The molecule has 3 saturated heterocycles. The molecule has 2 aromatic carbocycles. The van der Waals surface area contributed by atoms with Crippen LogP contribution in [0.1, 0.15) is 42.1 Å². The molecule has 17 heteroatoms. The number of nitrogens with zero attached hydrogens (tertiary/aromatic N) is 7. The fourth-order valence-corrected chi connectivity index (χ4v) is 7.23. The Hall–Kier alpha value is -4.48. The zero-order valence-corrected chi connectivity index (χ0v) is 27.9. The lowest BCUT2D eigenvalue weighted by Crippen LogP contribution is -2.54. The number of aromatic amines is 1. The topological polar surface area (TPSA) is 240 Å². The predicted molar refractivity (Wildman–Crippen MR) is 191 cm³/mol. The fraction of sp³-hybridized carbons (Fsp3) is 0.469. The van der Waals surface area contributed by atoms with Gasteiger partial charge in [-0.25, -0.2) is 4.79 Å². The summed E-state index contributed by atoms with van der Waals surface area (Å²) in [4.78, 5) is 48.8. The number of H-pyrrole nitrogens is 1. The van der Waals surface area contributed by atoms with Crippen molar-refractivity contribution in [2.45, 2.75) is 55.9 Å². The van der Waals surface area contributed by atoms with Gasteiger partial charge in [-0.3, -0.25) is 9.36 Å². The van der Waals surface area contributed by atoms with Gasteiger partial charge in [-0.1, -0.05) is 12.1 Å². The van der Waals surface area contributed by atoms with E-state index in [1.807, 2.05) is 34.1 Å². The van der Waals surface area contributed by atoms with Gasteiger partial charge in [0.25, 0.3) is 5.91 Å². The van der Waals surface area contributed by atoms with E-state index in [-0.39, 0.29) is 71.5 Å². The number of amides is 1. The third-order valence-corrected chi connectivity index (χ3v) is 9.43. The first kappa shape index (κ1) is 34.4. The number of halogens is 1. The number of para-hydroxylation sites is 2. The van der Waals surface area contributed by atoms with Gasteiger partial charge in [0.2, 0.25) is 17.8 Å². The van der Waals surface area contributed by atoms with Crippen molar-refractivity contribution in [1.82, 2.24) is 29.4 Å². The number of likely N-dealkylation sites (tertiary alicyclic amines) is 1. The smallest absolute Gasteiger partial charge is 0.326 e. The van der Waals surface area contributed by atoms with Gasteiger partial charge >= 0.3 is 5.69 Å². The van der Waals surface area contributed by atoms with Crippen molar-refractivity contribution in [3.63, 3.8) is 0 Å². The standard InChI is InChI=1S/C32H43N13O3.ClH/c33-18-11-19(34)15-43(14-18)30-39-29(40-31(41-30)44-16-20(35)12-21(36)17-44)37-22-5-6-24(27(46)13-22)28(47)42-9-7-23(8-10-42)45-26-4-2-1-3-25(26)38-32(45)48;/h1-6,13,18-21,23,46H,7-12,14-17,33-36H2,(H,38,48)(H,37,39,40,41);1H/t18-,19+,20-,21+;. The molecule has 0 unspecified atom stereocenters. The van der Waals surface area contributed by atoms with E-state index in [0.717, 1.165) is 11.0 Å². The molecule has 3 aliphatic heterocycles. The third-order valence-electron chi connectivity index (χ3n) is 9.43. The second-order valence-electron chi connectivity index (χ2n) is 13.3. The average molecular weight is 694 g/mol. The minimum absolute atomic E-state index is 0. The van der Waals surface area contributed by atoms with Gasteiger partial charge in [-0.2, -0.15) is 15.0 Å². The Morgan fingerprint density at radius 3 is 1.98 bits per heavy atom. The normalized spacial score (nSPS) is 23.4. The maximum atomic E-state index is 13.5. The summed E-state index contributed by atoms with van der Waals surface area (Å²) in [5.74, 6) is 0.660. The molecule has 5 heterocycles. The Morgan fingerprint density at radius 2 is 1.41 bits per heavy atom. The highest BCUT2D eigenvalue weighted by Gasteiger charge is 2.30. The van der Waals surface area contributed by atoms with Gasteiger partial charge < -0.3 is 53.0 Å². The van der Waals surface area contributed by atoms with E-state index in [1.165, 1.54) is 6.07 Å². The van der Waals surface area contributed by atoms with Crippen LogP contribution in [-0.2, 0) is 0 Å². The lowest BCUT2D eigenvalue weighted by molar-refractivity contribution is 0.0692. The first-order chi connectivity index (χ1) is 23.1. The van der Waals surface area contributed by atoms with Crippen LogP contribution in [0, 0.1) is 0 Å². The Balaban J connectivity index is 0.00000417. The molecular weight excluding hydrogens is 650 g/mol. The number of phenols is 1. The number of aromatic nitrogens is 5. The number of carbonyl (C=O) groups is 1. The van der Waals surface area contributed by atoms with Gasteiger partial charge in [0.1, 0.15) is 5.75 Å². The van der Waals surface area contributed by atoms with Crippen LogP contribution in [0.2, 0.25) is 0 Å². The summed E-state index contributed by atoms with van der Waals surface area (Å²) >= 11 is 0. The van der Waals surface area contributed by atoms with Crippen LogP contribution in [0.5, 0.6) is 5.75 Å². The molecule has 262 valence electrons. The Kier molecular flexibility index (Phi) is 9.94. The molecule has 16 nitrogen and oxygen atoms in total. The van der Waals surface area contributed by atoms with Crippen LogP contribution >= 0.6 is 12.4 Å². The second-order valence-corrected chi connectivity index (χ2v) is 13.3. The molecule has 3 aliphatic rings. The highest BCUT2D eigenvalue weighted by atomic mass is 35.5. The van der Waals surface area contributed by atoms with Gasteiger partial charge in [0, 0.05) is 81.2 Å². The number of imidazole rings is 1. The molecule has 7 rings (SSSR count). The molecule has 4 atom stereocenters. The molecule has 3 fully saturated rings. The third kappa shape index (κ3) is 7.28. The molecule has 2 aromatic heterocycles. The van der Waals surface area contributed by atoms with E-state index in [0.29, 0.717) is 82.5 Å². The van der Waals surface area contributed by atoms with Crippen LogP contribution in [0.4, 0.5) is 23.5 Å². The van der Waals surface area contributed by atoms with Crippen molar-refractivity contribution < 1.29 is 9.90 Å². The van der Waals surface area contributed by atoms with Crippen LogP contribution in [0.15, 0.2) is 47.3 Å². The maximum absolute atomic E-state index is 13.5. The molecular formula is C32H44ClN13O3. The number of anilines is 4. The summed E-state index contributed by atoms with van der Waals surface area (Å²) in [7, 11) is 0. The van der Waals surface area contributed by atoms with Gasteiger partial charge in [-0.05, 0) is 49.9 Å². The SMILES string of the molecule is Cl.N[C@@H]1C[C@H](N)CN(c2nc(Nc3ccc(C(=O)N4CCC(n5c(=O)[nH]c6ccccc65)CC4)c(O)c3)nc(N3C[C@H](N)C[C@H](N)C3)n2)C1. The number of carbonyl (C=O) groups excluding carboxylic acids is 1. The van der Waals surface area contributed by atoms with Crippen molar-refractivity contribution in [1.29, 1.82) is 0 Å². The number of benzene rings is 2. The Morgan fingerprint density at radius 1 is 0.837 bits per heavy atom. The number of fused-ring (bicyclic) bond motifs is 1. The molecule has 0 saturated carbocycles. The van der Waals surface area contributed by atoms with Gasteiger partial charge in [-0.15, -0.1) is 12.4 Å². The largest absolute Gasteiger partial charge is 0.507 e. The summed E-state index contributed by atoms with van der Waals surface area (Å²) in [6, 6.07) is 11.9. The fourth-order valence-electron chi connectivity index (χ4n) is 7.23. The number of nitrogens with two attached hydrogens (primary N) is 4. The summed E-state index contributed by atoms with van der Waals surface area (Å²) in [6.45, 7) is 3.09. The number of hydrogen-bond acceptors (Lipinski definition) is 13. The van der Waals surface area contributed by atoms with Crippen molar-refractivity contribution >= 4 is 52.9 Å². The van der Waals surface area contributed by atoms with Crippen LogP contribution < -0.4 is 43.7 Å². The number of piperidine rings is 3. The summed E-state index contributed by atoms with van der Waals surface area (Å²) < 4.78 is 1.79. The van der Waals surface area contributed by atoms with Crippen molar-refractivity contribution in [3.8, 4) is 5.75 Å². The number of rotatable bonds is 6. The van der Waals surface area contributed by atoms with E-state index in [4.69, 9.17) is 27.9 Å². The van der Waals surface area contributed by atoms with Gasteiger partial charge in [0.05, 0.1) is 16.6 Å². The minimum atomic E-state index is -0.274. The van der Waals surface area contributed by atoms with E-state index in [9.17, 15) is 14.7 Å². The Bertz CT molecular complexity index is 1800. The van der Waals surface area contributed by atoms with Gasteiger partial charge in [0.15, 0.2) is 0 Å². The average Bonchev–Trinajstić information content (AvgIpc) is 3.39. The predicted octanol–water partition coefficient (Wildman–Crippen LogP) is 0.592. The van der Waals surface area contributed by atoms with Crippen LogP contribution in [0.25, 0.3) is 11.0 Å². The molecule has 0 bridgehead atoms. The van der Waals surface area contributed by atoms with Crippen molar-refractivity contribution in [3.05, 3.63) is 58.5 Å². The molecule has 0 spiro atoms. The van der Waals surface area contributed by atoms with Crippen LogP contribution in [0.3, 0.4) is 0 Å². The second kappa shape index (κ2) is 14.2. The Labute approximate surface area is 289 Å². The van der Waals surface area contributed by atoms with E-state index < -0.39 is 0 Å². The first-order valence-electron chi connectivity index (χ1n) is 16.5. The number of hydrogen-bond donors (Lipinski definition) is 7. The molecule has 4 aromatic rings. The van der Waals surface area contributed by atoms with E-state index >= 15 is 0 Å². The zero-order chi connectivity index (χ0) is 33.5. The molecule has 0 radical (unpaired) electrons. The highest BCUT2D eigenvalue weighted by Crippen LogP contribution is 2.30. The number of phenolic OH excluding ortho intramolecular Hbond substituents is 1. The number of nitrogens with one attached hydrogen (secondary N) is 2. The van der Waals surface area contributed by atoms with Crippen molar-refractivity contribution in [2.75, 3.05) is 54.4 Å². The molecule has 49 heavy (non-hydrogen) atoms. The van der Waals surface area contributed by atoms with E-state index in [2.05, 4.69) is 20.3 Å². The quantitative estimate of drug-likeness (QED) is 0.147. The number of aromatic hydroxyl groups is 1. The van der Waals surface area contributed by atoms with Crippen LogP contribution in [-0.4, -0.2) is 104 Å². The summed E-state index contributed by atoms with van der Waals surface area (Å²) in [5, 5.41) is 14.2. The lowest BCUT2D eigenvalue weighted by atomic mass is 10.0. The van der Waals surface area contributed by atoms with E-state index in [1.54, 1.807) is 21.6 Å². The monoisotopic (exact) mass is 693 g/mol. The summed E-state index contributed by atoms with van der Waals surface area (Å²) in [6.07, 6.45) is 2.67.